The van der Waals surface area contributed by atoms with Gasteiger partial charge in [-0.05, 0) is 47.5 Å². The van der Waals surface area contributed by atoms with Crippen molar-refractivity contribution in [1.82, 2.24) is 0 Å². The van der Waals surface area contributed by atoms with E-state index in [1.54, 1.807) is 30.3 Å². The lowest BCUT2D eigenvalue weighted by molar-refractivity contribution is 0.567. The highest BCUT2D eigenvalue weighted by Crippen LogP contribution is 2.58. The van der Waals surface area contributed by atoms with E-state index in [0.29, 0.717) is 10.6 Å². The number of nitrogens with zero attached hydrogens (tertiary/aromatic N) is 1. The first kappa shape index (κ1) is 22.3. The summed E-state index contributed by atoms with van der Waals surface area (Å²) in [5.41, 5.74) is 3.40. The van der Waals surface area contributed by atoms with E-state index < -0.39 is 33.8 Å². The zero-order valence-corrected chi connectivity index (χ0v) is 22.4. The summed E-state index contributed by atoms with van der Waals surface area (Å²) in [4.78, 5) is 2.23. The van der Waals surface area contributed by atoms with Gasteiger partial charge in [0.1, 0.15) is 0 Å². The van der Waals surface area contributed by atoms with E-state index in [4.69, 9.17) is 0 Å². The van der Waals surface area contributed by atoms with E-state index in [1.165, 1.54) is 0 Å². The number of anilines is 2. The Morgan fingerprint density at radius 3 is 2.05 bits per heavy atom. The van der Waals surface area contributed by atoms with Gasteiger partial charge in [0, 0.05) is 34.9 Å². The number of benzene rings is 4. The maximum absolute atomic E-state index is 15.3. The molecule has 1 aliphatic carbocycles. The van der Waals surface area contributed by atoms with Crippen LogP contribution in [0.15, 0.2) is 132 Å². The smallest absolute Gasteiger partial charge is 0.186 e. The van der Waals surface area contributed by atoms with Crippen molar-refractivity contribution in [3.8, 4) is 0 Å². The molecular weight excluding hydrogens is 509 g/mol. The molecular formula is C32H26NO3PS. The topological polar surface area (TPSA) is 54.5 Å². The predicted octanol–water partition coefficient (Wildman–Crippen LogP) is 6.28. The van der Waals surface area contributed by atoms with Crippen molar-refractivity contribution >= 4 is 39.0 Å². The molecule has 4 nitrogen and oxygen atoms in total. The van der Waals surface area contributed by atoms with Crippen LogP contribution in [0.4, 0.5) is 11.4 Å². The molecule has 6 heteroatoms. The molecule has 4 aromatic carbocycles. The molecule has 38 heavy (non-hydrogen) atoms. The number of fused-ring (bicyclic) bond motifs is 4. The van der Waals surface area contributed by atoms with Crippen LogP contribution in [0.1, 0.15) is 25.3 Å². The van der Waals surface area contributed by atoms with Crippen molar-refractivity contribution in [2.45, 2.75) is 28.6 Å². The third kappa shape index (κ3) is 3.15. The molecule has 3 aliphatic rings. The minimum atomic E-state index is -3.77. The number of sulfone groups is 1. The molecule has 0 radical (unpaired) electrons. The van der Waals surface area contributed by atoms with Crippen molar-refractivity contribution in [3.63, 3.8) is 0 Å². The first-order valence-electron chi connectivity index (χ1n) is 13.1. The van der Waals surface area contributed by atoms with E-state index in [9.17, 15) is 9.79 Å². The Kier molecular flexibility index (Phi) is 4.95. The minimum Gasteiger partial charge on any atom is -0.313 e. The molecule has 188 valence electrons. The molecule has 0 aromatic heterocycles. The summed E-state index contributed by atoms with van der Waals surface area (Å²) in [7, 11) is -7.19. The molecule has 0 saturated heterocycles. The van der Waals surface area contributed by atoms with Gasteiger partial charge in [0.15, 0.2) is 17.0 Å². The van der Waals surface area contributed by atoms with Gasteiger partial charge < -0.3 is 9.46 Å². The standard InChI is InChI=1S/C32H26NO3PS/c1-22-25-13-5-7-15-27(25)33(28-16-8-6-14-26(22)28)23-19-20-32-30(21-23)37(34,24-11-3-2-4-12-24)29-17-9-10-18-31(29)38(32,35)36/h2-22,30,32H,1H3/i22D. The number of rotatable bonds is 2. The van der Waals surface area contributed by atoms with Crippen molar-refractivity contribution < 1.29 is 14.4 Å². The zero-order chi connectivity index (χ0) is 27.0. The van der Waals surface area contributed by atoms with E-state index in [-0.39, 0.29) is 4.90 Å². The Bertz CT molecular complexity index is 1810. The molecule has 0 bridgehead atoms. The third-order valence-electron chi connectivity index (χ3n) is 7.94. The van der Waals surface area contributed by atoms with Crippen LogP contribution in [0.2, 0.25) is 0 Å². The van der Waals surface area contributed by atoms with Crippen molar-refractivity contribution in [2.24, 2.45) is 0 Å². The maximum atomic E-state index is 15.3. The van der Waals surface area contributed by atoms with E-state index in [2.05, 4.69) is 4.90 Å². The lowest BCUT2D eigenvalue weighted by Crippen LogP contribution is -2.46. The van der Waals surface area contributed by atoms with E-state index in [1.807, 2.05) is 97.9 Å². The Balaban J connectivity index is 1.50. The lowest BCUT2D eigenvalue weighted by atomic mass is 9.85. The zero-order valence-electron chi connectivity index (χ0n) is 21.7. The second-order valence-electron chi connectivity index (χ2n) is 9.91. The molecule has 3 atom stereocenters. The molecule has 0 N–H and O–H groups in total. The number of hydrogen-bond acceptors (Lipinski definition) is 4. The molecule has 3 unspecified atom stereocenters. The van der Waals surface area contributed by atoms with Gasteiger partial charge in [-0.15, -0.1) is 0 Å². The van der Waals surface area contributed by atoms with Crippen molar-refractivity contribution in [3.05, 3.63) is 138 Å². The fraction of sp³-hybridized carbons (Fsp3) is 0.125. The highest BCUT2D eigenvalue weighted by atomic mass is 32.2. The maximum Gasteiger partial charge on any atom is 0.186 e. The van der Waals surface area contributed by atoms with Gasteiger partial charge in [0.05, 0.1) is 15.8 Å². The second-order valence-corrected chi connectivity index (χ2v) is 14.9. The van der Waals surface area contributed by atoms with Crippen LogP contribution in [0.25, 0.3) is 0 Å². The average Bonchev–Trinajstić information content (AvgIpc) is 2.97. The highest BCUT2D eigenvalue weighted by Gasteiger charge is 2.53. The van der Waals surface area contributed by atoms with Crippen LogP contribution < -0.4 is 15.5 Å². The van der Waals surface area contributed by atoms with Crippen LogP contribution in [-0.4, -0.2) is 19.3 Å². The predicted molar refractivity (Wildman–Crippen MR) is 154 cm³/mol. The first-order valence-corrected chi connectivity index (χ1v) is 16.0. The molecule has 0 spiro atoms. The molecule has 0 amide bonds. The average molecular weight is 537 g/mol. The van der Waals surface area contributed by atoms with Crippen LogP contribution >= 0.6 is 7.14 Å². The van der Waals surface area contributed by atoms with Crippen molar-refractivity contribution in [1.29, 1.82) is 0 Å². The monoisotopic (exact) mass is 536 g/mol. The van der Waals surface area contributed by atoms with Gasteiger partial charge in [0.25, 0.3) is 0 Å². The van der Waals surface area contributed by atoms with Crippen LogP contribution in [0.3, 0.4) is 0 Å². The Morgan fingerprint density at radius 2 is 1.37 bits per heavy atom. The Hall–Kier alpha value is -3.66. The second kappa shape index (κ2) is 8.42. The molecule has 2 aliphatic heterocycles. The number of hydrogen-bond donors (Lipinski definition) is 0. The normalized spacial score (nSPS) is 26.2. The minimum absolute atomic E-state index is 0.151. The third-order valence-corrected chi connectivity index (χ3v) is 13.9. The van der Waals surface area contributed by atoms with Gasteiger partial charge in [0.2, 0.25) is 0 Å². The van der Waals surface area contributed by atoms with Crippen LogP contribution in [0.5, 0.6) is 0 Å². The lowest BCUT2D eigenvalue weighted by Gasteiger charge is -2.42. The summed E-state index contributed by atoms with van der Waals surface area (Å²) < 4.78 is 52.4. The van der Waals surface area contributed by atoms with Gasteiger partial charge in [-0.1, -0.05) is 91.9 Å². The number of para-hydroxylation sites is 2. The molecule has 0 saturated carbocycles. The van der Waals surface area contributed by atoms with Crippen LogP contribution in [0, 0.1) is 0 Å². The SMILES string of the molecule is [2H]C1(C)c2ccccc2N(C2=CC3C(C=C2)S(=O)(=O)c2ccccc2P3(=O)c2ccccc2)c2ccccc21. The first-order chi connectivity index (χ1) is 18.8. The fourth-order valence-electron chi connectivity index (χ4n) is 6.15. The van der Waals surface area contributed by atoms with E-state index in [0.717, 1.165) is 28.2 Å². The molecule has 0 fully saturated rings. The Morgan fingerprint density at radius 1 is 0.789 bits per heavy atom. The summed E-state index contributed by atoms with van der Waals surface area (Å²) in [6, 6.07) is 31.7. The summed E-state index contributed by atoms with van der Waals surface area (Å²) >= 11 is 0. The summed E-state index contributed by atoms with van der Waals surface area (Å²) in [6.07, 6.45) is 5.44. The summed E-state index contributed by atoms with van der Waals surface area (Å²) in [6.45, 7) is 1.90. The van der Waals surface area contributed by atoms with Gasteiger partial charge in [-0.3, -0.25) is 0 Å². The van der Waals surface area contributed by atoms with Crippen LogP contribution in [-0.2, 0) is 14.4 Å². The van der Waals surface area contributed by atoms with Crippen molar-refractivity contribution in [2.75, 3.05) is 4.90 Å². The molecule has 7 rings (SSSR count). The summed E-state index contributed by atoms with van der Waals surface area (Å²) in [5.74, 6) is -0.961. The van der Waals surface area contributed by atoms with Gasteiger partial charge >= 0.3 is 0 Å². The van der Waals surface area contributed by atoms with Gasteiger partial charge in [-0.2, -0.15) is 0 Å². The molecule has 2 heterocycles. The quantitative estimate of drug-likeness (QED) is 0.283. The number of allylic oxidation sites excluding steroid dienone is 2. The fourth-order valence-corrected chi connectivity index (χ4v) is 12.7. The summed E-state index contributed by atoms with van der Waals surface area (Å²) in [5, 5.41) is 0.0897. The Labute approximate surface area is 224 Å². The van der Waals surface area contributed by atoms with E-state index >= 15 is 4.57 Å². The molecule has 4 aromatic rings. The van der Waals surface area contributed by atoms with Gasteiger partial charge in [-0.25, -0.2) is 8.42 Å². The highest BCUT2D eigenvalue weighted by molar-refractivity contribution is 7.96. The largest absolute Gasteiger partial charge is 0.313 e.